The average Bonchev–Trinajstić information content (AvgIpc) is 3.10. The van der Waals surface area contributed by atoms with Gasteiger partial charge < -0.3 is 10.4 Å². The van der Waals surface area contributed by atoms with Crippen molar-refractivity contribution in [1.29, 1.82) is 0 Å². The molecular weight excluding hydrogens is 326 g/mol. The van der Waals surface area contributed by atoms with Crippen LogP contribution in [0.3, 0.4) is 0 Å². The summed E-state index contributed by atoms with van der Waals surface area (Å²) in [6.07, 6.45) is 3.08. The SMILES string of the molecule is O=C(NC(CO)c1ccccc1)c1cnn(-c2ccccc2Cl)c1. The third-order valence-corrected chi connectivity index (χ3v) is 3.95. The van der Waals surface area contributed by atoms with E-state index in [-0.39, 0.29) is 12.5 Å². The molecule has 0 aliphatic heterocycles. The molecule has 0 radical (unpaired) electrons. The van der Waals surface area contributed by atoms with Crippen LogP contribution in [0.15, 0.2) is 67.0 Å². The first-order valence-electron chi connectivity index (χ1n) is 7.45. The van der Waals surface area contributed by atoms with Crippen molar-refractivity contribution in [3.05, 3.63) is 83.1 Å². The number of carbonyl (C=O) groups is 1. The molecule has 1 heterocycles. The topological polar surface area (TPSA) is 67.2 Å². The fourth-order valence-electron chi connectivity index (χ4n) is 2.37. The monoisotopic (exact) mass is 341 g/mol. The van der Waals surface area contributed by atoms with Gasteiger partial charge in [-0.05, 0) is 17.7 Å². The van der Waals surface area contributed by atoms with Crippen molar-refractivity contribution in [2.24, 2.45) is 0 Å². The normalized spacial score (nSPS) is 11.9. The van der Waals surface area contributed by atoms with E-state index in [1.54, 1.807) is 16.9 Å². The van der Waals surface area contributed by atoms with Gasteiger partial charge in [-0.3, -0.25) is 4.79 Å². The zero-order chi connectivity index (χ0) is 16.9. The van der Waals surface area contributed by atoms with Gasteiger partial charge in [-0.25, -0.2) is 4.68 Å². The number of nitrogens with one attached hydrogen (secondary N) is 1. The lowest BCUT2D eigenvalue weighted by Crippen LogP contribution is -2.30. The molecule has 1 aromatic heterocycles. The molecule has 0 aliphatic rings. The van der Waals surface area contributed by atoms with Gasteiger partial charge in [0.2, 0.25) is 0 Å². The van der Waals surface area contributed by atoms with Crippen LogP contribution in [-0.2, 0) is 0 Å². The fourth-order valence-corrected chi connectivity index (χ4v) is 2.59. The standard InChI is InChI=1S/C18H16ClN3O2/c19-15-8-4-5-9-17(15)22-11-14(10-20-22)18(24)21-16(12-23)13-6-2-1-3-7-13/h1-11,16,23H,12H2,(H,21,24). The second-order valence-corrected chi connectivity index (χ2v) is 5.65. The minimum absolute atomic E-state index is 0.186. The van der Waals surface area contributed by atoms with Crippen molar-refractivity contribution in [3.8, 4) is 5.69 Å². The molecule has 1 atom stereocenters. The summed E-state index contributed by atoms with van der Waals surface area (Å²) in [5.41, 5.74) is 1.93. The van der Waals surface area contributed by atoms with Crippen LogP contribution in [0.5, 0.6) is 0 Å². The largest absolute Gasteiger partial charge is 0.394 e. The molecule has 24 heavy (non-hydrogen) atoms. The molecule has 2 aromatic carbocycles. The Morgan fingerprint density at radius 2 is 1.88 bits per heavy atom. The summed E-state index contributed by atoms with van der Waals surface area (Å²) in [7, 11) is 0. The minimum Gasteiger partial charge on any atom is -0.394 e. The summed E-state index contributed by atoms with van der Waals surface area (Å²) in [4.78, 5) is 12.4. The highest BCUT2D eigenvalue weighted by molar-refractivity contribution is 6.32. The number of benzene rings is 2. The Kier molecular flexibility index (Phi) is 4.93. The Morgan fingerprint density at radius 1 is 1.17 bits per heavy atom. The van der Waals surface area contributed by atoms with E-state index in [1.807, 2.05) is 48.5 Å². The van der Waals surface area contributed by atoms with Crippen molar-refractivity contribution < 1.29 is 9.90 Å². The average molecular weight is 342 g/mol. The molecule has 3 aromatic rings. The number of hydrogen-bond acceptors (Lipinski definition) is 3. The van der Waals surface area contributed by atoms with E-state index < -0.39 is 6.04 Å². The van der Waals surface area contributed by atoms with Crippen LogP contribution in [0.4, 0.5) is 0 Å². The first-order valence-corrected chi connectivity index (χ1v) is 7.83. The zero-order valence-corrected chi connectivity index (χ0v) is 13.5. The molecule has 3 rings (SSSR count). The molecule has 0 bridgehead atoms. The minimum atomic E-state index is -0.470. The third-order valence-electron chi connectivity index (χ3n) is 3.63. The van der Waals surface area contributed by atoms with Crippen molar-refractivity contribution in [2.45, 2.75) is 6.04 Å². The number of nitrogens with zero attached hydrogens (tertiary/aromatic N) is 2. The summed E-state index contributed by atoms with van der Waals surface area (Å²) in [5.74, 6) is -0.309. The molecule has 0 spiro atoms. The molecule has 0 fully saturated rings. The van der Waals surface area contributed by atoms with Crippen LogP contribution in [0.1, 0.15) is 22.0 Å². The summed E-state index contributed by atoms with van der Waals surface area (Å²) in [6, 6.07) is 16.1. The van der Waals surface area contributed by atoms with Crippen molar-refractivity contribution in [3.63, 3.8) is 0 Å². The molecule has 1 amide bonds. The van der Waals surface area contributed by atoms with E-state index in [4.69, 9.17) is 11.6 Å². The number of rotatable bonds is 5. The molecular formula is C18H16ClN3O2. The molecule has 122 valence electrons. The number of hydrogen-bond donors (Lipinski definition) is 2. The summed E-state index contributed by atoms with van der Waals surface area (Å²) in [5, 5.41) is 17.1. The summed E-state index contributed by atoms with van der Waals surface area (Å²) in [6.45, 7) is -0.186. The maximum absolute atomic E-state index is 12.4. The van der Waals surface area contributed by atoms with Crippen molar-refractivity contribution in [1.82, 2.24) is 15.1 Å². The lowest BCUT2D eigenvalue weighted by molar-refractivity contribution is 0.0916. The Morgan fingerprint density at radius 3 is 2.58 bits per heavy atom. The molecule has 0 saturated carbocycles. The number of amides is 1. The van der Waals surface area contributed by atoms with E-state index in [0.717, 1.165) is 5.56 Å². The Balaban J connectivity index is 1.78. The quantitative estimate of drug-likeness (QED) is 0.749. The predicted octanol–water partition coefficient (Wildman–Crippen LogP) is 2.99. The van der Waals surface area contributed by atoms with Gasteiger partial charge in [-0.2, -0.15) is 5.10 Å². The highest BCUT2D eigenvalue weighted by Gasteiger charge is 2.16. The van der Waals surface area contributed by atoms with Gasteiger partial charge in [-0.15, -0.1) is 0 Å². The Labute approximate surface area is 144 Å². The van der Waals surface area contributed by atoms with Gasteiger partial charge in [0, 0.05) is 6.20 Å². The number of aliphatic hydroxyl groups excluding tert-OH is 1. The van der Waals surface area contributed by atoms with Gasteiger partial charge >= 0.3 is 0 Å². The van der Waals surface area contributed by atoms with Crippen LogP contribution >= 0.6 is 11.6 Å². The van der Waals surface area contributed by atoms with Crippen molar-refractivity contribution in [2.75, 3.05) is 6.61 Å². The second-order valence-electron chi connectivity index (χ2n) is 5.24. The van der Waals surface area contributed by atoms with Gasteiger partial charge in [0.1, 0.15) is 0 Å². The van der Waals surface area contributed by atoms with E-state index in [0.29, 0.717) is 16.3 Å². The van der Waals surface area contributed by atoms with Crippen LogP contribution in [-0.4, -0.2) is 27.4 Å². The van der Waals surface area contributed by atoms with E-state index in [9.17, 15) is 9.90 Å². The maximum atomic E-state index is 12.4. The molecule has 0 aliphatic carbocycles. The number of halogens is 1. The van der Waals surface area contributed by atoms with Gasteiger partial charge in [0.15, 0.2) is 0 Å². The zero-order valence-electron chi connectivity index (χ0n) is 12.8. The molecule has 1 unspecified atom stereocenters. The predicted molar refractivity (Wildman–Crippen MR) is 92.3 cm³/mol. The lowest BCUT2D eigenvalue weighted by atomic mass is 10.1. The van der Waals surface area contributed by atoms with E-state index in [2.05, 4.69) is 10.4 Å². The fraction of sp³-hybridized carbons (Fsp3) is 0.111. The molecule has 2 N–H and O–H groups in total. The maximum Gasteiger partial charge on any atom is 0.255 e. The van der Waals surface area contributed by atoms with Crippen LogP contribution < -0.4 is 5.32 Å². The van der Waals surface area contributed by atoms with E-state index >= 15 is 0 Å². The van der Waals surface area contributed by atoms with Crippen LogP contribution in [0.2, 0.25) is 5.02 Å². The number of para-hydroxylation sites is 1. The Bertz CT molecular complexity index is 833. The lowest BCUT2D eigenvalue weighted by Gasteiger charge is -2.16. The smallest absolute Gasteiger partial charge is 0.255 e. The second kappa shape index (κ2) is 7.29. The van der Waals surface area contributed by atoms with Gasteiger partial charge in [0.25, 0.3) is 5.91 Å². The Hall–Kier alpha value is -2.63. The molecule has 0 saturated heterocycles. The molecule has 6 heteroatoms. The number of aliphatic hydroxyl groups is 1. The number of aromatic nitrogens is 2. The first-order chi connectivity index (χ1) is 11.7. The van der Waals surface area contributed by atoms with Crippen LogP contribution in [0.25, 0.3) is 5.69 Å². The highest BCUT2D eigenvalue weighted by atomic mass is 35.5. The van der Waals surface area contributed by atoms with Crippen molar-refractivity contribution >= 4 is 17.5 Å². The first kappa shape index (κ1) is 16.2. The molecule has 5 nitrogen and oxygen atoms in total. The van der Waals surface area contributed by atoms with Gasteiger partial charge in [0.05, 0.1) is 35.1 Å². The van der Waals surface area contributed by atoms with Crippen LogP contribution in [0, 0.1) is 0 Å². The highest BCUT2D eigenvalue weighted by Crippen LogP contribution is 2.19. The number of carbonyl (C=O) groups excluding carboxylic acids is 1. The summed E-state index contributed by atoms with van der Waals surface area (Å²) < 4.78 is 1.55. The van der Waals surface area contributed by atoms with E-state index in [1.165, 1.54) is 6.20 Å². The third kappa shape index (κ3) is 3.48. The summed E-state index contributed by atoms with van der Waals surface area (Å²) >= 11 is 6.14. The van der Waals surface area contributed by atoms with Gasteiger partial charge in [-0.1, -0.05) is 54.1 Å².